The first kappa shape index (κ1) is 17.1. The molecule has 1 fully saturated rings. The summed E-state index contributed by atoms with van der Waals surface area (Å²) in [6.07, 6.45) is 4.36. The second-order valence-corrected chi connectivity index (χ2v) is 6.30. The van der Waals surface area contributed by atoms with Crippen molar-refractivity contribution in [1.82, 2.24) is 9.88 Å². The molecule has 0 saturated carbocycles. The van der Waals surface area contributed by atoms with Crippen LogP contribution in [0.1, 0.15) is 41.8 Å². The highest BCUT2D eigenvalue weighted by Gasteiger charge is 2.29. The number of nitrogens with zero attached hydrogens (tertiary/aromatic N) is 2. The van der Waals surface area contributed by atoms with Gasteiger partial charge in [0.2, 0.25) is 0 Å². The van der Waals surface area contributed by atoms with Gasteiger partial charge in [-0.1, -0.05) is 24.3 Å². The maximum absolute atomic E-state index is 12.4. The van der Waals surface area contributed by atoms with Crippen molar-refractivity contribution in [3.8, 4) is 0 Å². The number of esters is 1. The topological polar surface area (TPSA) is 59.5 Å². The summed E-state index contributed by atoms with van der Waals surface area (Å²) in [6, 6.07) is 13.0. The van der Waals surface area contributed by atoms with Crippen LogP contribution in [0.2, 0.25) is 0 Å². The molecular formula is C20H22N2O3. The van der Waals surface area contributed by atoms with E-state index >= 15 is 0 Å². The lowest BCUT2D eigenvalue weighted by Gasteiger charge is -2.31. The summed E-state index contributed by atoms with van der Waals surface area (Å²) in [5.41, 5.74) is 1.57. The molecule has 1 aromatic carbocycles. The first-order valence-electron chi connectivity index (χ1n) is 8.60. The van der Waals surface area contributed by atoms with Crippen LogP contribution in [-0.2, 0) is 9.53 Å². The fraction of sp³-hybridized carbons (Fsp3) is 0.350. The second kappa shape index (κ2) is 7.92. The number of benzene rings is 1. The minimum atomic E-state index is -0.315. The van der Waals surface area contributed by atoms with E-state index in [4.69, 9.17) is 4.74 Å². The molecular weight excluding hydrogens is 316 g/mol. The van der Waals surface area contributed by atoms with Gasteiger partial charge in [0.1, 0.15) is 6.10 Å². The van der Waals surface area contributed by atoms with Crippen molar-refractivity contribution in [2.75, 3.05) is 13.1 Å². The first-order chi connectivity index (χ1) is 12.1. The lowest BCUT2D eigenvalue weighted by Crippen LogP contribution is -2.40. The van der Waals surface area contributed by atoms with Gasteiger partial charge in [0.05, 0.1) is 5.92 Å². The molecule has 3 rings (SSSR count). The van der Waals surface area contributed by atoms with Crippen LogP contribution in [0.4, 0.5) is 0 Å². The Morgan fingerprint density at radius 3 is 2.48 bits per heavy atom. The van der Waals surface area contributed by atoms with Gasteiger partial charge in [-0.15, -0.1) is 0 Å². The smallest absolute Gasteiger partial charge is 0.309 e. The number of pyridine rings is 1. The Morgan fingerprint density at radius 1 is 1.12 bits per heavy atom. The van der Waals surface area contributed by atoms with Crippen LogP contribution >= 0.6 is 0 Å². The van der Waals surface area contributed by atoms with Crippen LogP contribution in [0.5, 0.6) is 0 Å². The summed E-state index contributed by atoms with van der Waals surface area (Å²) in [6.45, 7) is 3.01. The normalized spacial score (nSPS) is 16.3. The average molecular weight is 338 g/mol. The highest BCUT2D eigenvalue weighted by atomic mass is 16.5. The van der Waals surface area contributed by atoms with Crippen molar-refractivity contribution < 1.29 is 14.3 Å². The number of carbonyl (C=O) groups excluding carboxylic acids is 2. The molecule has 5 heteroatoms. The van der Waals surface area contributed by atoms with Gasteiger partial charge in [-0.25, -0.2) is 0 Å². The highest BCUT2D eigenvalue weighted by Crippen LogP contribution is 2.24. The van der Waals surface area contributed by atoms with E-state index < -0.39 is 0 Å². The molecule has 1 aliphatic rings. The number of ether oxygens (including phenoxy) is 1. The summed E-state index contributed by atoms with van der Waals surface area (Å²) in [5.74, 6) is -0.321. The van der Waals surface area contributed by atoms with Crippen LogP contribution < -0.4 is 0 Å². The highest BCUT2D eigenvalue weighted by molar-refractivity contribution is 5.94. The maximum atomic E-state index is 12.4. The molecule has 0 aliphatic carbocycles. The van der Waals surface area contributed by atoms with E-state index in [-0.39, 0.29) is 23.9 Å². The van der Waals surface area contributed by atoms with Gasteiger partial charge >= 0.3 is 5.97 Å². The van der Waals surface area contributed by atoms with E-state index in [1.165, 1.54) is 0 Å². The standard InChI is InChI=1S/C20H22N2O3/c1-15(18-8-5-11-21-14-18)25-20(24)17-9-12-22(13-10-17)19(23)16-6-3-2-4-7-16/h2-8,11,14-15,17H,9-10,12-13H2,1H3. The van der Waals surface area contributed by atoms with Gasteiger partial charge in [0.15, 0.2) is 0 Å². The van der Waals surface area contributed by atoms with Crippen molar-refractivity contribution in [2.45, 2.75) is 25.9 Å². The lowest BCUT2D eigenvalue weighted by molar-refractivity contribution is -0.155. The monoisotopic (exact) mass is 338 g/mol. The predicted molar refractivity (Wildman–Crippen MR) is 93.8 cm³/mol. The molecule has 1 aromatic heterocycles. The Balaban J connectivity index is 1.52. The van der Waals surface area contributed by atoms with Gasteiger partial charge in [-0.3, -0.25) is 14.6 Å². The molecule has 1 saturated heterocycles. The molecule has 1 amide bonds. The number of piperidine rings is 1. The Hall–Kier alpha value is -2.69. The zero-order valence-electron chi connectivity index (χ0n) is 14.3. The van der Waals surface area contributed by atoms with Crippen LogP contribution in [0.3, 0.4) is 0 Å². The molecule has 130 valence electrons. The first-order valence-corrected chi connectivity index (χ1v) is 8.60. The molecule has 2 heterocycles. The Bertz CT molecular complexity index is 710. The number of amides is 1. The molecule has 25 heavy (non-hydrogen) atoms. The van der Waals surface area contributed by atoms with Crippen LogP contribution in [0.25, 0.3) is 0 Å². The second-order valence-electron chi connectivity index (χ2n) is 6.30. The number of carbonyl (C=O) groups is 2. The van der Waals surface area contributed by atoms with Crippen molar-refractivity contribution in [3.05, 3.63) is 66.0 Å². The average Bonchev–Trinajstić information content (AvgIpc) is 2.69. The van der Waals surface area contributed by atoms with E-state index in [9.17, 15) is 9.59 Å². The van der Waals surface area contributed by atoms with E-state index in [2.05, 4.69) is 4.98 Å². The van der Waals surface area contributed by atoms with Crippen LogP contribution in [0, 0.1) is 5.92 Å². The summed E-state index contributed by atoms with van der Waals surface area (Å²) >= 11 is 0. The van der Waals surface area contributed by atoms with Gasteiger partial charge < -0.3 is 9.64 Å². The number of aromatic nitrogens is 1. The Kier molecular flexibility index (Phi) is 5.43. The molecule has 0 radical (unpaired) electrons. The van der Waals surface area contributed by atoms with Crippen molar-refractivity contribution >= 4 is 11.9 Å². The molecule has 0 N–H and O–H groups in total. The summed E-state index contributed by atoms with van der Waals surface area (Å²) < 4.78 is 5.57. The third kappa shape index (κ3) is 4.24. The molecule has 1 unspecified atom stereocenters. The van der Waals surface area contributed by atoms with E-state index in [1.807, 2.05) is 54.3 Å². The molecule has 2 aromatic rings. The SMILES string of the molecule is CC(OC(=O)C1CCN(C(=O)c2ccccc2)CC1)c1cccnc1. The van der Waals surface area contributed by atoms with Crippen molar-refractivity contribution in [2.24, 2.45) is 5.92 Å². The zero-order chi connectivity index (χ0) is 17.6. The zero-order valence-corrected chi connectivity index (χ0v) is 14.3. The predicted octanol–water partition coefficient (Wildman–Crippen LogP) is 3.24. The number of rotatable bonds is 4. The molecule has 5 nitrogen and oxygen atoms in total. The van der Waals surface area contributed by atoms with E-state index in [0.717, 1.165) is 5.56 Å². The molecule has 1 atom stereocenters. The fourth-order valence-corrected chi connectivity index (χ4v) is 3.04. The number of likely N-dealkylation sites (tertiary alicyclic amines) is 1. The van der Waals surface area contributed by atoms with Gasteiger partial charge in [-0.05, 0) is 38.0 Å². The van der Waals surface area contributed by atoms with E-state index in [0.29, 0.717) is 31.5 Å². The van der Waals surface area contributed by atoms with Crippen LogP contribution in [0.15, 0.2) is 54.9 Å². The number of hydrogen-bond acceptors (Lipinski definition) is 4. The van der Waals surface area contributed by atoms with Gasteiger partial charge in [-0.2, -0.15) is 0 Å². The third-order valence-electron chi connectivity index (χ3n) is 4.58. The third-order valence-corrected chi connectivity index (χ3v) is 4.58. The van der Waals surface area contributed by atoms with Gasteiger partial charge in [0.25, 0.3) is 5.91 Å². The Morgan fingerprint density at radius 2 is 1.84 bits per heavy atom. The number of hydrogen-bond donors (Lipinski definition) is 0. The molecule has 1 aliphatic heterocycles. The van der Waals surface area contributed by atoms with Crippen LogP contribution in [-0.4, -0.2) is 34.8 Å². The maximum Gasteiger partial charge on any atom is 0.309 e. The quantitative estimate of drug-likeness (QED) is 0.803. The minimum Gasteiger partial charge on any atom is -0.458 e. The van der Waals surface area contributed by atoms with Crippen molar-refractivity contribution in [3.63, 3.8) is 0 Å². The Labute approximate surface area is 147 Å². The largest absolute Gasteiger partial charge is 0.458 e. The summed E-state index contributed by atoms with van der Waals surface area (Å²) in [5, 5.41) is 0. The lowest BCUT2D eigenvalue weighted by atomic mass is 9.96. The van der Waals surface area contributed by atoms with E-state index in [1.54, 1.807) is 12.4 Å². The van der Waals surface area contributed by atoms with Crippen molar-refractivity contribution in [1.29, 1.82) is 0 Å². The fourth-order valence-electron chi connectivity index (χ4n) is 3.04. The minimum absolute atomic E-state index is 0.0242. The summed E-state index contributed by atoms with van der Waals surface area (Å²) in [7, 11) is 0. The summed E-state index contributed by atoms with van der Waals surface area (Å²) in [4.78, 5) is 30.7. The van der Waals surface area contributed by atoms with Gasteiger partial charge in [0, 0.05) is 36.6 Å². The molecule has 0 spiro atoms. The molecule has 0 bridgehead atoms.